The summed E-state index contributed by atoms with van der Waals surface area (Å²) in [5.41, 5.74) is 2.93. The van der Waals surface area contributed by atoms with E-state index in [2.05, 4.69) is 76.1 Å². The molecule has 1 rings (SSSR count). The highest BCUT2D eigenvalue weighted by atomic mass is 15.1. The Morgan fingerprint density at radius 2 is 1.74 bits per heavy atom. The third-order valence-corrected chi connectivity index (χ3v) is 3.72. The molecule has 19 heavy (non-hydrogen) atoms. The zero-order valence-corrected chi connectivity index (χ0v) is 13.5. The van der Waals surface area contributed by atoms with Gasteiger partial charge in [-0.15, -0.1) is 0 Å². The zero-order valence-electron chi connectivity index (χ0n) is 13.5. The smallest absolute Gasteiger partial charge is 0.0363 e. The first-order valence-electron chi connectivity index (χ1n) is 7.35. The van der Waals surface area contributed by atoms with E-state index in [0.29, 0.717) is 11.5 Å². The van der Waals surface area contributed by atoms with E-state index in [9.17, 15) is 0 Å². The topological polar surface area (TPSA) is 15.3 Å². The summed E-state index contributed by atoms with van der Waals surface area (Å²) >= 11 is 0. The van der Waals surface area contributed by atoms with Gasteiger partial charge in [0.25, 0.3) is 0 Å². The fourth-order valence-electron chi connectivity index (χ4n) is 2.34. The van der Waals surface area contributed by atoms with E-state index in [-0.39, 0.29) is 0 Å². The third kappa shape index (κ3) is 5.23. The van der Waals surface area contributed by atoms with Crippen molar-refractivity contribution in [3.63, 3.8) is 0 Å². The van der Waals surface area contributed by atoms with Crippen LogP contribution in [0, 0.1) is 12.3 Å². The molecule has 1 aromatic rings. The molecule has 1 N–H and O–H groups in total. The summed E-state index contributed by atoms with van der Waals surface area (Å²) < 4.78 is 0. The fraction of sp³-hybridized carbons (Fsp3) is 0.647. The predicted octanol–water partition coefficient (Wildman–Crippen LogP) is 3.85. The lowest BCUT2D eigenvalue weighted by atomic mass is 9.84. The zero-order chi connectivity index (χ0) is 14.5. The summed E-state index contributed by atoms with van der Waals surface area (Å²) in [6.45, 7) is 13.4. The van der Waals surface area contributed by atoms with Crippen LogP contribution in [0.4, 0.5) is 5.69 Å². The van der Waals surface area contributed by atoms with Gasteiger partial charge in [0, 0.05) is 25.3 Å². The standard InChI is InChI=1S/C17H30N2/c1-7-18-16(17(3,4)5)12-13-19(6)15-10-8-14(2)9-11-15/h8-11,16,18H,7,12-13H2,1-6H3. The maximum Gasteiger partial charge on any atom is 0.0363 e. The molecule has 0 aliphatic carbocycles. The Morgan fingerprint density at radius 1 is 1.16 bits per heavy atom. The van der Waals surface area contributed by atoms with Crippen molar-refractivity contribution in [2.75, 3.05) is 25.0 Å². The normalized spacial score (nSPS) is 13.4. The van der Waals surface area contributed by atoms with Crippen LogP contribution in [0.15, 0.2) is 24.3 Å². The quantitative estimate of drug-likeness (QED) is 0.838. The van der Waals surface area contributed by atoms with Gasteiger partial charge in [0.1, 0.15) is 0 Å². The number of rotatable bonds is 6. The minimum Gasteiger partial charge on any atom is -0.375 e. The van der Waals surface area contributed by atoms with Crippen molar-refractivity contribution in [3.05, 3.63) is 29.8 Å². The van der Waals surface area contributed by atoms with Crippen LogP contribution in [0.3, 0.4) is 0 Å². The minimum atomic E-state index is 0.310. The number of anilines is 1. The number of hydrogen-bond donors (Lipinski definition) is 1. The molecule has 0 radical (unpaired) electrons. The van der Waals surface area contributed by atoms with Crippen molar-refractivity contribution in [1.82, 2.24) is 5.32 Å². The first-order chi connectivity index (χ1) is 8.84. The molecule has 1 aromatic carbocycles. The van der Waals surface area contributed by atoms with Crippen LogP contribution in [0.25, 0.3) is 0 Å². The van der Waals surface area contributed by atoms with Crippen molar-refractivity contribution in [2.24, 2.45) is 5.41 Å². The van der Waals surface area contributed by atoms with Gasteiger partial charge >= 0.3 is 0 Å². The lowest BCUT2D eigenvalue weighted by Crippen LogP contribution is -2.42. The molecule has 1 unspecified atom stereocenters. The first kappa shape index (κ1) is 16.0. The van der Waals surface area contributed by atoms with Gasteiger partial charge in [-0.1, -0.05) is 45.4 Å². The Hall–Kier alpha value is -1.02. The Morgan fingerprint density at radius 3 is 2.21 bits per heavy atom. The van der Waals surface area contributed by atoms with E-state index in [1.807, 2.05) is 0 Å². The van der Waals surface area contributed by atoms with E-state index >= 15 is 0 Å². The van der Waals surface area contributed by atoms with Gasteiger partial charge in [0.05, 0.1) is 0 Å². The summed E-state index contributed by atoms with van der Waals surface area (Å²) in [7, 11) is 2.18. The molecule has 2 nitrogen and oxygen atoms in total. The van der Waals surface area contributed by atoms with Crippen molar-refractivity contribution >= 4 is 5.69 Å². The second-order valence-electron chi connectivity index (χ2n) is 6.52. The molecule has 0 aliphatic heterocycles. The molecule has 2 heteroatoms. The Labute approximate surface area is 119 Å². The van der Waals surface area contributed by atoms with Crippen LogP contribution in [0.2, 0.25) is 0 Å². The fourth-order valence-corrected chi connectivity index (χ4v) is 2.34. The number of hydrogen-bond acceptors (Lipinski definition) is 2. The SMILES string of the molecule is CCNC(CCN(C)c1ccc(C)cc1)C(C)(C)C. The summed E-state index contributed by atoms with van der Waals surface area (Å²) in [6, 6.07) is 9.32. The second kappa shape index (κ2) is 6.95. The van der Waals surface area contributed by atoms with Crippen LogP contribution < -0.4 is 10.2 Å². The summed E-state index contributed by atoms with van der Waals surface area (Å²) in [5, 5.41) is 3.61. The molecule has 0 heterocycles. The third-order valence-electron chi connectivity index (χ3n) is 3.72. The highest BCUT2D eigenvalue weighted by molar-refractivity contribution is 5.46. The van der Waals surface area contributed by atoms with E-state index in [4.69, 9.17) is 0 Å². The molecule has 0 aromatic heterocycles. The van der Waals surface area contributed by atoms with E-state index in [1.54, 1.807) is 0 Å². The van der Waals surface area contributed by atoms with E-state index in [0.717, 1.165) is 13.1 Å². The van der Waals surface area contributed by atoms with Gasteiger partial charge in [-0.2, -0.15) is 0 Å². The van der Waals surface area contributed by atoms with Gasteiger partial charge in [-0.25, -0.2) is 0 Å². The van der Waals surface area contributed by atoms with Crippen LogP contribution in [0.5, 0.6) is 0 Å². The number of nitrogens with one attached hydrogen (secondary N) is 1. The van der Waals surface area contributed by atoms with Crippen molar-refractivity contribution in [3.8, 4) is 0 Å². The Balaban J connectivity index is 2.56. The van der Waals surface area contributed by atoms with Crippen molar-refractivity contribution in [2.45, 2.75) is 47.1 Å². The Bertz CT molecular complexity index is 362. The number of aryl methyl sites for hydroxylation is 1. The van der Waals surface area contributed by atoms with Gasteiger partial charge in [0.2, 0.25) is 0 Å². The van der Waals surface area contributed by atoms with E-state index < -0.39 is 0 Å². The average molecular weight is 262 g/mol. The average Bonchev–Trinajstić information content (AvgIpc) is 2.33. The maximum atomic E-state index is 3.61. The lowest BCUT2D eigenvalue weighted by Gasteiger charge is -2.33. The molecular weight excluding hydrogens is 232 g/mol. The first-order valence-corrected chi connectivity index (χ1v) is 7.35. The highest BCUT2D eigenvalue weighted by Crippen LogP contribution is 2.23. The molecule has 108 valence electrons. The number of nitrogens with zero attached hydrogens (tertiary/aromatic N) is 1. The van der Waals surface area contributed by atoms with Crippen LogP contribution in [0.1, 0.15) is 39.7 Å². The van der Waals surface area contributed by atoms with E-state index in [1.165, 1.54) is 17.7 Å². The summed E-state index contributed by atoms with van der Waals surface area (Å²) in [5.74, 6) is 0. The maximum absolute atomic E-state index is 3.61. The minimum absolute atomic E-state index is 0.310. The highest BCUT2D eigenvalue weighted by Gasteiger charge is 2.23. The van der Waals surface area contributed by atoms with Crippen molar-refractivity contribution < 1.29 is 0 Å². The largest absolute Gasteiger partial charge is 0.375 e. The molecule has 0 spiro atoms. The predicted molar refractivity (Wildman–Crippen MR) is 86.0 cm³/mol. The molecule has 0 bridgehead atoms. The van der Waals surface area contributed by atoms with Crippen LogP contribution in [-0.4, -0.2) is 26.2 Å². The van der Waals surface area contributed by atoms with Crippen LogP contribution >= 0.6 is 0 Å². The summed E-state index contributed by atoms with van der Waals surface area (Å²) in [4.78, 5) is 2.34. The Kier molecular flexibility index (Phi) is 5.86. The second-order valence-corrected chi connectivity index (χ2v) is 6.52. The molecule has 0 fully saturated rings. The van der Waals surface area contributed by atoms with Gasteiger partial charge in [0.15, 0.2) is 0 Å². The van der Waals surface area contributed by atoms with Gasteiger partial charge < -0.3 is 10.2 Å². The molecule has 0 saturated carbocycles. The van der Waals surface area contributed by atoms with Crippen LogP contribution in [-0.2, 0) is 0 Å². The summed E-state index contributed by atoms with van der Waals surface area (Å²) in [6.07, 6.45) is 1.17. The molecule has 1 atom stereocenters. The molecule has 0 amide bonds. The lowest BCUT2D eigenvalue weighted by molar-refractivity contribution is 0.260. The molecule has 0 aliphatic rings. The van der Waals surface area contributed by atoms with Gasteiger partial charge in [-0.05, 0) is 37.4 Å². The monoisotopic (exact) mass is 262 g/mol. The van der Waals surface area contributed by atoms with Gasteiger partial charge in [-0.3, -0.25) is 0 Å². The molecular formula is C17H30N2. The number of benzene rings is 1. The molecule has 0 saturated heterocycles. The van der Waals surface area contributed by atoms with Crippen molar-refractivity contribution in [1.29, 1.82) is 0 Å².